The van der Waals surface area contributed by atoms with Crippen LogP contribution in [0.4, 0.5) is 10.5 Å². The van der Waals surface area contributed by atoms with Crippen LogP contribution in [0, 0.1) is 0 Å². The fourth-order valence-electron chi connectivity index (χ4n) is 3.81. The van der Waals surface area contributed by atoms with Crippen LogP contribution in [0.1, 0.15) is 68.1 Å². The van der Waals surface area contributed by atoms with Crippen molar-refractivity contribution >= 4 is 17.6 Å². The maximum absolute atomic E-state index is 12.9. The van der Waals surface area contributed by atoms with Crippen LogP contribution in [0.3, 0.4) is 0 Å². The average molecular weight is 343 g/mol. The van der Waals surface area contributed by atoms with Crippen molar-refractivity contribution in [2.45, 2.75) is 63.8 Å². The van der Waals surface area contributed by atoms with E-state index in [1.807, 2.05) is 29.2 Å². The molecule has 3 amide bonds. The molecule has 2 fully saturated rings. The van der Waals surface area contributed by atoms with Crippen LogP contribution in [0.25, 0.3) is 0 Å². The van der Waals surface area contributed by atoms with Crippen LogP contribution in [0.5, 0.6) is 0 Å². The van der Waals surface area contributed by atoms with Crippen molar-refractivity contribution in [2.24, 2.45) is 0 Å². The van der Waals surface area contributed by atoms with Crippen LogP contribution in [0.15, 0.2) is 24.3 Å². The molecule has 1 heterocycles. The Kier molecular flexibility index (Phi) is 6.31. The summed E-state index contributed by atoms with van der Waals surface area (Å²) in [6.07, 6.45) is 10.2. The molecule has 2 aliphatic rings. The first-order chi connectivity index (χ1) is 12.2. The third-order valence-corrected chi connectivity index (χ3v) is 5.24. The lowest BCUT2D eigenvalue weighted by Crippen LogP contribution is -2.39. The number of amides is 3. The van der Waals surface area contributed by atoms with Crippen molar-refractivity contribution in [1.82, 2.24) is 10.2 Å². The SMILES string of the molecule is O=C(Nc1ccccc1C(=O)N1CCCCCC1)NC1CCCCC1. The van der Waals surface area contributed by atoms with Gasteiger partial charge in [-0.05, 0) is 37.8 Å². The highest BCUT2D eigenvalue weighted by Gasteiger charge is 2.21. The maximum atomic E-state index is 12.9. The molecular weight excluding hydrogens is 314 g/mol. The molecule has 1 aliphatic heterocycles. The molecule has 0 spiro atoms. The summed E-state index contributed by atoms with van der Waals surface area (Å²) < 4.78 is 0. The Morgan fingerprint density at radius 3 is 2.24 bits per heavy atom. The number of hydrogen-bond donors (Lipinski definition) is 2. The van der Waals surface area contributed by atoms with Gasteiger partial charge in [-0.2, -0.15) is 0 Å². The van der Waals surface area contributed by atoms with Gasteiger partial charge in [-0.1, -0.05) is 44.2 Å². The van der Waals surface area contributed by atoms with Crippen LogP contribution >= 0.6 is 0 Å². The molecule has 5 heteroatoms. The van der Waals surface area contributed by atoms with Crippen molar-refractivity contribution in [2.75, 3.05) is 18.4 Å². The fraction of sp³-hybridized carbons (Fsp3) is 0.600. The average Bonchev–Trinajstić information content (AvgIpc) is 2.92. The predicted molar refractivity (Wildman–Crippen MR) is 99.8 cm³/mol. The lowest BCUT2D eigenvalue weighted by atomic mass is 9.96. The molecule has 1 aliphatic carbocycles. The Hall–Kier alpha value is -2.04. The van der Waals surface area contributed by atoms with E-state index in [9.17, 15) is 9.59 Å². The van der Waals surface area contributed by atoms with E-state index in [0.29, 0.717) is 11.3 Å². The standard InChI is InChI=1S/C20H29N3O2/c24-19(23-14-8-1-2-9-15-23)17-12-6-7-13-18(17)22-20(25)21-16-10-4-3-5-11-16/h6-7,12-13,16H,1-5,8-11,14-15H2,(H2,21,22,25). The van der Waals surface area contributed by atoms with Gasteiger partial charge < -0.3 is 15.5 Å². The van der Waals surface area contributed by atoms with Gasteiger partial charge >= 0.3 is 6.03 Å². The molecule has 0 aromatic heterocycles. The summed E-state index contributed by atoms with van der Waals surface area (Å²) in [5, 5.41) is 5.94. The second-order valence-electron chi connectivity index (χ2n) is 7.19. The molecule has 0 atom stereocenters. The molecule has 0 radical (unpaired) electrons. The first-order valence-corrected chi connectivity index (χ1v) is 9.70. The number of benzene rings is 1. The number of para-hydroxylation sites is 1. The minimum atomic E-state index is -0.206. The predicted octanol–water partition coefficient (Wildman–Crippen LogP) is 4.16. The zero-order valence-corrected chi connectivity index (χ0v) is 14.9. The van der Waals surface area contributed by atoms with Gasteiger partial charge in [0.1, 0.15) is 0 Å². The first-order valence-electron chi connectivity index (χ1n) is 9.70. The molecule has 2 N–H and O–H groups in total. The zero-order chi connectivity index (χ0) is 17.5. The summed E-state index contributed by atoms with van der Waals surface area (Å²) >= 11 is 0. The van der Waals surface area contributed by atoms with E-state index in [1.165, 1.54) is 32.1 Å². The lowest BCUT2D eigenvalue weighted by Gasteiger charge is -2.24. The zero-order valence-electron chi connectivity index (χ0n) is 14.9. The number of carbonyl (C=O) groups excluding carboxylic acids is 2. The summed E-state index contributed by atoms with van der Waals surface area (Å²) in [5.74, 6) is 0.0236. The quantitative estimate of drug-likeness (QED) is 0.866. The van der Waals surface area contributed by atoms with Crippen LogP contribution < -0.4 is 10.6 Å². The highest BCUT2D eigenvalue weighted by atomic mass is 16.2. The van der Waals surface area contributed by atoms with Crippen molar-refractivity contribution in [3.8, 4) is 0 Å². The summed E-state index contributed by atoms with van der Waals surface area (Å²) in [6.45, 7) is 1.61. The van der Waals surface area contributed by atoms with Crippen molar-refractivity contribution in [1.29, 1.82) is 0 Å². The van der Waals surface area contributed by atoms with Gasteiger partial charge in [-0.25, -0.2) is 4.79 Å². The van der Waals surface area contributed by atoms with Crippen LogP contribution in [-0.2, 0) is 0 Å². The summed E-state index contributed by atoms with van der Waals surface area (Å²) in [7, 11) is 0. The number of nitrogens with one attached hydrogen (secondary N) is 2. The molecule has 1 aromatic carbocycles. The first kappa shape index (κ1) is 17.8. The number of urea groups is 1. The van der Waals surface area contributed by atoms with Crippen LogP contribution in [-0.4, -0.2) is 36.0 Å². The van der Waals surface area contributed by atoms with E-state index >= 15 is 0 Å². The van der Waals surface area contributed by atoms with Gasteiger partial charge in [0.25, 0.3) is 5.91 Å². The van der Waals surface area contributed by atoms with Gasteiger partial charge in [-0.3, -0.25) is 4.79 Å². The van der Waals surface area contributed by atoms with Gasteiger partial charge in [0.15, 0.2) is 0 Å². The maximum Gasteiger partial charge on any atom is 0.319 e. The van der Waals surface area contributed by atoms with E-state index in [4.69, 9.17) is 0 Å². The molecule has 1 aromatic rings. The number of likely N-dealkylation sites (tertiary alicyclic amines) is 1. The van der Waals surface area contributed by atoms with Gasteiger partial charge in [0.2, 0.25) is 0 Å². The van der Waals surface area contributed by atoms with E-state index in [2.05, 4.69) is 10.6 Å². The van der Waals surface area contributed by atoms with Crippen molar-refractivity contribution < 1.29 is 9.59 Å². The third-order valence-electron chi connectivity index (χ3n) is 5.24. The molecule has 1 saturated heterocycles. The normalized spacial score (nSPS) is 19.1. The van der Waals surface area contributed by atoms with Crippen LogP contribution in [0.2, 0.25) is 0 Å². The third kappa shape index (κ3) is 4.97. The molecular formula is C20H29N3O2. The smallest absolute Gasteiger partial charge is 0.319 e. The van der Waals surface area contributed by atoms with E-state index in [-0.39, 0.29) is 18.0 Å². The Bertz CT molecular complexity index is 588. The van der Waals surface area contributed by atoms with Crippen molar-refractivity contribution in [3.05, 3.63) is 29.8 Å². The molecule has 0 unspecified atom stereocenters. The highest BCUT2D eigenvalue weighted by molar-refractivity contribution is 6.03. The Morgan fingerprint density at radius 2 is 1.52 bits per heavy atom. The molecule has 25 heavy (non-hydrogen) atoms. The second kappa shape index (κ2) is 8.88. The number of rotatable bonds is 3. The molecule has 0 bridgehead atoms. The number of anilines is 1. The van der Waals surface area contributed by atoms with Gasteiger partial charge in [-0.15, -0.1) is 0 Å². The summed E-state index contributed by atoms with van der Waals surface area (Å²) in [4.78, 5) is 27.2. The monoisotopic (exact) mass is 343 g/mol. The fourth-order valence-corrected chi connectivity index (χ4v) is 3.81. The Morgan fingerprint density at radius 1 is 0.880 bits per heavy atom. The van der Waals surface area contributed by atoms with E-state index in [1.54, 1.807) is 0 Å². The lowest BCUT2D eigenvalue weighted by molar-refractivity contribution is 0.0762. The number of hydrogen-bond acceptors (Lipinski definition) is 2. The van der Waals surface area contributed by atoms with E-state index in [0.717, 1.165) is 38.8 Å². The Labute approximate surface area is 150 Å². The van der Waals surface area contributed by atoms with Gasteiger partial charge in [0.05, 0.1) is 11.3 Å². The largest absolute Gasteiger partial charge is 0.339 e. The molecule has 5 nitrogen and oxygen atoms in total. The minimum Gasteiger partial charge on any atom is -0.339 e. The molecule has 3 rings (SSSR count). The van der Waals surface area contributed by atoms with Gasteiger partial charge in [0, 0.05) is 19.1 Å². The second-order valence-corrected chi connectivity index (χ2v) is 7.19. The number of nitrogens with zero attached hydrogens (tertiary/aromatic N) is 1. The minimum absolute atomic E-state index is 0.0236. The highest BCUT2D eigenvalue weighted by Crippen LogP contribution is 2.21. The topological polar surface area (TPSA) is 61.4 Å². The summed E-state index contributed by atoms with van der Waals surface area (Å²) in [6, 6.07) is 7.38. The molecule has 1 saturated carbocycles. The van der Waals surface area contributed by atoms with E-state index < -0.39 is 0 Å². The Balaban J connectivity index is 1.65. The summed E-state index contributed by atoms with van der Waals surface area (Å²) in [5.41, 5.74) is 1.19. The molecule has 136 valence electrons. The van der Waals surface area contributed by atoms with Crippen molar-refractivity contribution in [3.63, 3.8) is 0 Å². The number of carbonyl (C=O) groups is 2.